The lowest BCUT2D eigenvalue weighted by atomic mass is 9.97. The van der Waals surface area contributed by atoms with Crippen LogP contribution in [0.4, 0.5) is 34.1 Å². The Kier molecular flexibility index (Phi) is 6.69. The zero-order chi connectivity index (χ0) is 31.2. The quantitative estimate of drug-likeness (QED) is 0.171. The van der Waals surface area contributed by atoms with Crippen molar-refractivity contribution in [1.29, 1.82) is 0 Å². The van der Waals surface area contributed by atoms with Crippen molar-refractivity contribution in [3.63, 3.8) is 0 Å². The predicted molar refractivity (Wildman–Crippen MR) is 204 cm³/mol. The van der Waals surface area contributed by atoms with Gasteiger partial charge in [-0.25, -0.2) is 0 Å². The highest BCUT2D eigenvalue weighted by molar-refractivity contribution is 7.25. The van der Waals surface area contributed by atoms with Gasteiger partial charge in [0.25, 0.3) is 0 Å². The number of rotatable bonds is 6. The molecule has 0 bridgehead atoms. The molecule has 0 unspecified atom stereocenters. The van der Waals surface area contributed by atoms with E-state index in [1.165, 1.54) is 41.7 Å². The molecule has 1 heterocycles. The first-order valence-electron chi connectivity index (χ1n) is 15.9. The summed E-state index contributed by atoms with van der Waals surface area (Å²) in [5.41, 5.74) is 6.74. The average Bonchev–Trinajstić information content (AvgIpc) is 3.51. The van der Waals surface area contributed by atoms with Crippen LogP contribution in [-0.4, -0.2) is 0 Å². The number of nitrogens with zero attached hydrogens (tertiary/aromatic N) is 2. The number of para-hydroxylation sites is 3. The van der Waals surface area contributed by atoms with E-state index in [4.69, 9.17) is 0 Å². The van der Waals surface area contributed by atoms with E-state index in [0.29, 0.717) is 0 Å². The molecule has 0 atom stereocenters. The molecule has 0 aliphatic heterocycles. The SMILES string of the molecule is c1ccc(N(c2ccccc2)c2ccc(N(c3ccccc3)c3cc4ccccc4c4cc5sc6ccccc6c5cc34)cc2)cc1. The van der Waals surface area contributed by atoms with Crippen molar-refractivity contribution in [3.05, 3.63) is 182 Å². The lowest BCUT2D eigenvalue weighted by Crippen LogP contribution is -2.12. The fourth-order valence-electron chi connectivity index (χ4n) is 6.84. The fraction of sp³-hybridized carbons (Fsp3) is 0. The van der Waals surface area contributed by atoms with Gasteiger partial charge in [0.05, 0.1) is 5.69 Å². The summed E-state index contributed by atoms with van der Waals surface area (Å²) in [6, 6.07) is 65.6. The van der Waals surface area contributed by atoms with E-state index < -0.39 is 0 Å². The van der Waals surface area contributed by atoms with E-state index in [-0.39, 0.29) is 0 Å². The highest BCUT2D eigenvalue weighted by atomic mass is 32.1. The molecule has 9 rings (SSSR count). The average molecular weight is 619 g/mol. The number of fused-ring (bicyclic) bond motifs is 6. The number of hydrogen-bond acceptors (Lipinski definition) is 3. The maximum Gasteiger partial charge on any atom is 0.0546 e. The summed E-state index contributed by atoms with van der Waals surface area (Å²) in [6.07, 6.45) is 0. The van der Waals surface area contributed by atoms with Crippen molar-refractivity contribution < 1.29 is 0 Å². The minimum absolute atomic E-state index is 1.10. The summed E-state index contributed by atoms with van der Waals surface area (Å²) in [5.74, 6) is 0. The van der Waals surface area contributed by atoms with Crippen LogP contribution in [0, 0.1) is 0 Å². The van der Waals surface area contributed by atoms with Gasteiger partial charge in [-0.15, -0.1) is 11.3 Å². The third kappa shape index (κ3) is 4.80. The molecule has 3 heteroatoms. The van der Waals surface area contributed by atoms with Gasteiger partial charge < -0.3 is 9.80 Å². The molecule has 222 valence electrons. The Labute approximate surface area is 278 Å². The number of anilines is 6. The molecule has 0 amide bonds. The van der Waals surface area contributed by atoms with Crippen LogP contribution in [0.1, 0.15) is 0 Å². The standard InChI is InChI=1S/C44H30N2S/c1-4-15-32(16-5-1)45(33-17-6-2-7-18-33)35-24-26-36(27-25-35)46(34-19-8-3-9-20-34)42-28-31-14-10-11-21-37(31)39-30-44-41(29-40(39)42)38-22-12-13-23-43(38)47-44/h1-30H. The van der Waals surface area contributed by atoms with Crippen LogP contribution in [0.3, 0.4) is 0 Å². The van der Waals surface area contributed by atoms with Gasteiger partial charge in [0.1, 0.15) is 0 Å². The molecule has 2 nitrogen and oxygen atoms in total. The molecule has 9 aromatic rings. The maximum absolute atomic E-state index is 2.42. The second-order valence-corrected chi connectivity index (χ2v) is 12.9. The van der Waals surface area contributed by atoms with Crippen LogP contribution in [-0.2, 0) is 0 Å². The minimum atomic E-state index is 1.10. The smallest absolute Gasteiger partial charge is 0.0546 e. The molecule has 0 N–H and O–H groups in total. The van der Waals surface area contributed by atoms with Crippen molar-refractivity contribution in [2.45, 2.75) is 0 Å². The van der Waals surface area contributed by atoms with Gasteiger partial charge in [-0.2, -0.15) is 0 Å². The van der Waals surface area contributed by atoms with E-state index in [0.717, 1.165) is 34.1 Å². The van der Waals surface area contributed by atoms with Gasteiger partial charge in [-0.05, 0) is 101 Å². The molecular weight excluding hydrogens is 589 g/mol. The van der Waals surface area contributed by atoms with Gasteiger partial charge in [-0.3, -0.25) is 0 Å². The zero-order valence-corrected chi connectivity index (χ0v) is 26.4. The summed E-state index contributed by atoms with van der Waals surface area (Å²) < 4.78 is 2.64. The highest BCUT2D eigenvalue weighted by Crippen LogP contribution is 2.46. The first-order valence-corrected chi connectivity index (χ1v) is 16.8. The molecule has 47 heavy (non-hydrogen) atoms. The van der Waals surface area contributed by atoms with Crippen molar-refractivity contribution >= 4 is 87.2 Å². The monoisotopic (exact) mass is 618 g/mol. The van der Waals surface area contributed by atoms with Gasteiger partial charge in [0.15, 0.2) is 0 Å². The van der Waals surface area contributed by atoms with Crippen LogP contribution < -0.4 is 9.80 Å². The molecular formula is C44H30N2S. The summed E-state index contributed by atoms with van der Waals surface area (Å²) in [6.45, 7) is 0. The van der Waals surface area contributed by atoms with Gasteiger partial charge >= 0.3 is 0 Å². The summed E-state index contributed by atoms with van der Waals surface area (Å²) in [5, 5.41) is 7.63. The first-order chi connectivity index (χ1) is 23.3. The molecule has 8 aromatic carbocycles. The van der Waals surface area contributed by atoms with Crippen molar-refractivity contribution in [2.75, 3.05) is 9.80 Å². The summed E-state index contributed by atoms with van der Waals surface area (Å²) in [4.78, 5) is 4.72. The number of thiophene rings is 1. The molecule has 0 radical (unpaired) electrons. The highest BCUT2D eigenvalue weighted by Gasteiger charge is 2.20. The van der Waals surface area contributed by atoms with E-state index in [1.54, 1.807) is 0 Å². The Morgan fingerprint density at radius 1 is 0.298 bits per heavy atom. The molecule has 0 aliphatic rings. The van der Waals surface area contributed by atoms with Crippen molar-refractivity contribution in [3.8, 4) is 0 Å². The Hall–Kier alpha value is -5.90. The van der Waals surface area contributed by atoms with Crippen LogP contribution in [0.25, 0.3) is 41.7 Å². The molecule has 1 aromatic heterocycles. The van der Waals surface area contributed by atoms with E-state index in [9.17, 15) is 0 Å². The summed E-state index contributed by atoms with van der Waals surface area (Å²) >= 11 is 1.87. The molecule has 0 fully saturated rings. The topological polar surface area (TPSA) is 6.48 Å². The van der Waals surface area contributed by atoms with Crippen LogP contribution in [0.2, 0.25) is 0 Å². The zero-order valence-electron chi connectivity index (χ0n) is 25.6. The van der Waals surface area contributed by atoms with E-state index >= 15 is 0 Å². The maximum atomic E-state index is 2.42. The first kappa shape index (κ1) is 27.4. The predicted octanol–water partition coefficient (Wildman–Crippen LogP) is 13.3. The Morgan fingerprint density at radius 3 is 1.43 bits per heavy atom. The third-order valence-electron chi connectivity index (χ3n) is 8.99. The third-order valence-corrected chi connectivity index (χ3v) is 10.1. The minimum Gasteiger partial charge on any atom is -0.311 e. The van der Waals surface area contributed by atoms with Crippen LogP contribution >= 0.6 is 11.3 Å². The molecule has 0 saturated carbocycles. The van der Waals surface area contributed by atoms with Crippen molar-refractivity contribution in [2.24, 2.45) is 0 Å². The van der Waals surface area contributed by atoms with Crippen molar-refractivity contribution in [1.82, 2.24) is 0 Å². The lowest BCUT2D eigenvalue weighted by molar-refractivity contribution is 1.26. The van der Waals surface area contributed by atoms with Gasteiger partial charge in [0.2, 0.25) is 0 Å². The Bertz CT molecular complexity index is 2460. The van der Waals surface area contributed by atoms with Gasteiger partial charge in [0, 0.05) is 54.0 Å². The Morgan fingerprint density at radius 2 is 0.787 bits per heavy atom. The molecule has 0 aliphatic carbocycles. The van der Waals surface area contributed by atoms with Crippen LogP contribution in [0.15, 0.2) is 182 Å². The second-order valence-electron chi connectivity index (χ2n) is 11.8. The molecule has 0 saturated heterocycles. The number of hydrogen-bond donors (Lipinski definition) is 0. The van der Waals surface area contributed by atoms with Crippen LogP contribution in [0.5, 0.6) is 0 Å². The van der Waals surface area contributed by atoms with E-state index in [1.807, 2.05) is 11.3 Å². The Balaban J connectivity index is 1.27. The van der Waals surface area contributed by atoms with E-state index in [2.05, 4.69) is 192 Å². The fourth-order valence-corrected chi connectivity index (χ4v) is 7.97. The molecule has 0 spiro atoms. The van der Waals surface area contributed by atoms with Gasteiger partial charge in [-0.1, -0.05) is 97.1 Å². The normalized spacial score (nSPS) is 11.4. The lowest BCUT2D eigenvalue weighted by Gasteiger charge is -2.29. The summed E-state index contributed by atoms with van der Waals surface area (Å²) in [7, 11) is 0. The number of benzene rings is 8. The largest absolute Gasteiger partial charge is 0.311 e. The second kappa shape index (κ2) is 11.5.